The van der Waals surface area contributed by atoms with E-state index in [0.29, 0.717) is 0 Å². The van der Waals surface area contributed by atoms with Crippen LogP contribution in [0.4, 0.5) is 0 Å². The predicted molar refractivity (Wildman–Crippen MR) is 51.1 cm³/mol. The molecule has 2 fully saturated rings. The fourth-order valence-corrected chi connectivity index (χ4v) is 2.80. The lowest BCUT2D eigenvalue weighted by Gasteiger charge is -2.34. The molecule has 0 amide bonds. The summed E-state index contributed by atoms with van der Waals surface area (Å²) in [5.74, 6) is 3.80. The fraction of sp³-hybridized carbons (Fsp3) is 1.00. The molecule has 1 saturated heterocycles. The second kappa shape index (κ2) is 3.81. The van der Waals surface area contributed by atoms with Crippen LogP contribution in [0, 0.1) is 5.92 Å². The Morgan fingerprint density at radius 3 is 2.45 bits per heavy atom. The summed E-state index contributed by atoms with van der Waals surface area (Å²) < 4.78 is 0. The Hall–Kier alpha value is 0.310. The second-order valence-corrected chi connectivity index (χ2v) is 4.93. The van der Waals surface area contributed by atoms with Crippen molar-refractivity contribution in [3.63, 3.8) is 0 Å². The van der Waals surface area contributed by atoms with Crippen molar-refractivity contribution in [3.05, 3.63) is 0 Å². The van der Waals surface area contributed by atoms with Crippen molar-refractivity contribution in [2.75, 3.05) is 31.1 Å². The highest BCUT2D eigenvalue weighted by Gasteiger charge is 2.21. The topological polar surface area (TPSA) is 3.24 Å². The first-order valence-corrected chi connectivity index (χ1v) is 5.91. The molecule has 1 aliphatic heterocycles. The quantitative estimate of drug-likeness (QED) is 0.623. The third-order valence-corrected chi connectivity index (χ3v) is 3.79. The van der Waals surface area contributed by atoms with Gasteiger partial charge in [0.25, 0.3) is 0 Å². The van der Waals surface area contributed by atoms with Crippen LogP contribution in [0.25, 0.3) is 0 Å². The normalized spacial score (nSPS) is 28.4. The molecule has 0 atom stereocenters. The maximum absolute atomic E-state index is 2.65. The molecule has 1 heterocycles. The molecule has 0 bridgehead atoms. The summed E-state index contributed by atoms with van der Waals surface area (Å²) in [5, 5.41) is 0. The van der Waals surface area contributed by atoms with Crippen molar-refractivity contribution < 1.29 is 0 Å². The molecule has 0 aromatic heterocycles. The fourth-order valence-electron chi connectivity index (χ4n) is 1.82. The van der Waals surface area contributed by atoms with Crippen molar-refractivity contribution in [1.82, 2.24) is 4.90 Å². The monoisotopic (exact) mass is 171 g/mol. The van der Waals surface area contributed by atoms with Crippen LogP contribution >= 0.6 is 11.8 Å². The second-order valence-electron chi connectivity index (χ2n) is 3.71. The Morgan fingerprint density at radius 2 is 1.91 bits per heavy atom. The molecule has 0 unspecified atom stereocenters. The van der Waals surface area contributed by atoms with Gasteiger partial charge in [-0.15, -0.1) is 0 Å². The minimum atomic E-state index is 1.07. The van der Waals surface area contributed by atoms with E-state index in [1.165, 1.54) is 50.4 Å². The van der Waals surface area contributed by atoms with Gasteiger partial charge in [0.2, 0.25) is 0 Å². The van der Waals surface area contributed by atoms with E-state index >= 15 is 0 Å². The van der Waals surface area contributed by atoms with Gasteiger partial charge < -0.3 is 4.90 Å². The average molecular weight is 171 g/mol. The largest absolute Gasteiger partial charge is 0.301 e. The molecular formula is C9H17NS. The lowest BCUT2D eigenvalue weighted by atomic mass is 9.85. The minimum Gasteiger partial charge on any atom is -0.301 e. The van der Waals surface area contributed by atoms with Gasteiger partial charge in [-0.1, -0.05) is 6.42 Å². The van der Waals surface area contributed by atoms with E-state index in [1.54, 1.807) is 0 Å². The summed E-state index contributed by atoms with van der Waals surface area (Å²) in [6, 6.07) is 0. The summed E-state index contributed by atoms with van der Waals surface area (Å²) in [6.45, 7) is 4.10. The van der Waals surface area contributed by atoms with Crippen LogP contribution < -0.4 is 0 Å². The van der Waals surface area contributed by atoms with Crippen LogP contribution in [0.5, 0.6) is 0 Å². The van der Waals surface area contributed by atoms with E-state index in [4.69, 9.17) is 0 Å². The van der Waals surface area contributed by atoms with Gasteiger partial charge in [-0.2, -0.15) is 11.8 Å². The predicted octanol–water partition coefficient (Wildman–Crippen LogP) is 1.84. The van der Waals surface area contributed by atoms with Gasteiger partial charge in [0.1, 0.15) is 0 Å². The van der Waals surface area contributed by atoms with Gasteiger partial charge >= 0.3 is 0 Å². The van der Waals surface area contributed by atoms with Gasteiger partial charge in [0.05, 0.1) is 0 Å². The molecule has 2 aliphatic rings. The molecule has 0 N–H and O–H groups in total. The third kappa shape index (κ3) is 2.12. The maximum Gasteiger partial charge on any atom is 0.00728 e. The molecular weight excluding hydrogens is 154 g/mol. The van der Waals surface area contributed by atoms with Crippen LogP contribution in [0.15, 0.2) is 0 Å². The number of hydrogen-bond donors (Lipinski definition) is 0. The van der Waals surface area contributed by atoms with Gasteiger partial charge in [-0.25, -0.2) is 0 Å². The van der Waals surface area contributed by atoms with E-state index < -0.39 is 0 Å². The third-order valence-electron chi connectivity index (χ3n) is 2.84. The van der Waals surface area contributed by atoms with Crippen LogP contribution in [-0.2, 0) is 0 Å². The molecule has 1 aliphatic carbocycles. The van der Waals surface area contributed by atoms with Crippen LogP contribution in [0.2, 0.25) is 0 Å². The van der Waals surface area contributed by atoms with Crippen molar-refractivity contribution in [2.24, 2.45) is 5.92 Å². The molecule has 11 heavy (non-hydrogen) atoms. The Morgan fingerprint density at radius 1 is 1.18 bits per heavy atom. The van der Waals surface area contributed by atoms with E-state index in [2.05, 4.69) is 16.7 Å². The molecule has 1 nitrogen and oxygen atoms in total. The summed E-state index contributed by atoms with van der Waals surface area (Å²) in [5.41, 5.74) is 0. The standard InChI is InChI=1S/C9H17NS/c1-2-9(3-1)8-10-4-6-11-7-5-10/h9H,1-8H2. The smallest absolute Gasteiger partial charge is 0.00728 e. The Kier molecular flexibility index (Phi) is 2.75. The lowest BCUT2D eigenvalue weighted by molar-refractivity contribution is 0.190. The average Bonchev–Trinajstić information content (AvgIpc) is 1.99. The molecule has 64 valence electrons. The van der Waals surface area contributed by atoms with Crippen LogP contribution in [0.3, 0.4) is 0 Å². The molecule has 2 heteroatoms. The molecule has 0 aromatic carbocycles. The number of thioether (sulfide) groups is 1. The van der Waals surface area contributed by atoms with E-state index in [9.17, 15) is 0 Å². The zero-order valence-corrected chi connectivity index (χ0v) is 7.91. The maximum atomic E-state index is 2.65. The first-order valence-electron chi connectivity index (χ1n) is 4.75. The van der Waals surface area contributed by atoms with Gasteiger partial charge in [0, 0.05) is 31.1 Å². The first-order chi connectivity index (χ1) is 5.45. The van der Waals surface area contributed by atoms with E-state index in [-0.39, 0.29) is 0 Å². The minimum absolute atomic E-state index is 1.07. The SMILES string of the molecule is C1CC(CN2CCSCC2)C1. The van der Waals surface area contributed by atoms with Crippen LogP contribution in [0.1, 0.15) is 19.3 Å². The van der Waals surface area contributed by atoms with Gasteiger partial charge in [-0.3, -0.25) is 0 Å². The van der Waals surface area contributed by atoms with Gasteiger partial charge in [0.15, 0.2) is 0 Å². The molecule has 1 saturated carbocycles. The Bertz CT molecular complexity index is 117. The summed E-state index contributed by atoms with van der Waals surface area (Å²) >= 11 is 2.11. The number of nitrogens with zero attached hydrogens (tertiary/aromatic N) is 1. The van der Waals surface area contributed by atoms with Crippen molar-refractivity contribution in [2.45, 2.75) is 19.3 Å². The van der Waals surface area contributed by atoms with Crippen molar-refractivity contribution >= 4 is 11.8 Å². The summed E-state index contributed by atoms with van der Waals surface area (Å²) in [6.07, 6.45) is 4.50. The summed E-state index contributed by atoms with van der Waals surface area (Å²) in [7, 11) is 0. The van der Waals surface area contributed by atoms with Crippen molar-refractivity contribution in [1.29, 1.82) is 0 Å². The number of hydrogen-bond acceptors (Lipinski definition) is 2. The van der Waals surface area contributed by atoms with Crippen LogP contribution in [-0.4, -0.2) is 36.0 Å². The highest BCUT2D eigenvalue weighted by molar-refractivity contribution is 7.99. The molecule has 0 aromatic rings. The van der Waals surface area contributed by atoms with E-state index in [1.807, 2.05) is 0 Å². The first kappa shape index (κ1) is 7.93. The number of rotatable bonds is 2. The van der Waals surface area contributed by atoms with Gasteiger partial charge in [-0.05, 0) is 18.8 Å². The van der Waals surface area contributed by atoms with E-state index in [0.717, 1.165) is 5.92 Å². The highest BCUT2D eigenvalue weighted by atomic mass is 32.2. The molecule has 2 rings (SSSR count). The summed E-state index contributed by atoms with van der Waals surface area (Å²) in [4.78, 5) is 2.65. The zero-order chi connectivity index (χ0) is 7.52. The molecule has 0 spiro atoms. The Balaban J connectivity index is 1.67. The van der Waals surface area contributed by atoms with Crippen molar-refractivity contribution in [3.8, 4) is 0 Å². The lowest BCUT2D eigenvalue weighted by Crippen LogP contribution is -2.38. The zero-order valence-electron chi connectivity index (χ0n) is 7.09. The Labute approximate surface area is 73.5 Å². The highest BCUT2D eigenvalue weighted by Crippen LogP contribution is 2.27. The molecule has 0 radical (unpaired) electrons.